The number of allylic oxidation sites excluding steroid dienone is 8. The molecule has 0 saturated heterocycles. The lowest BCUT2D eigenvalue weighted by Gasteiger charge is -2.24. The molecule has 0 bridgehead atoms. The first-order valence-electron chi connectivity index (χ1n) is 38.4. The summed E-state index contributed by atoms with van der Waals surface area (Å²) in [6.45, 7) is 4.48. The van der Waals surface area contributed by atoms with Crippen molar-refractivity contribution in [3.8, 4) is 0 Å². The zero-order chi connectivity index (χ0) is 64.1. The molecule has 2 atom stereocenters. The Kier molecular flexibility index (Phi) is 67.7. The summed E-state index contributed by atoms with van der Waals surface area (Å²) >= 11 is 0. The van der Waals surface area contributed by atoms with Crippen molar-refractivity contribution < 1.29 is 42.1 Å². The number of unbranched alkanes of at least 4 members (excludes halogenated alkanes) is 50. The van der Waals surface area contributed by atoms with E-state index in [1.165, 1.54) is 302 Å². The van der Waals surface area contributed by atoms with Crippen LogP contribution in [0, 0.1) is 0 Å². The standard InChI is InChI=1S/C78H148NO8P/c1-6-8-10-12-14-16-18-20-22-24-26-28-30-32-34-35-36-37-38-39-40-41-42-43-45-46-48-50-52-54-56-58-60-62-64-66-68-70-77(80)84-74-76(75-86-88(82,83)85-73-72-79(3,4)5)87-78(81)71-69-67-65-63-61-59-57-55-53-51-49-47-44-33-31-29-27-25-23-21-19-17-15-13-11-9-7-2/h19,21,24-27,31,33,76H,6-18,20,22-23,28-30,32,34-75H2,1-5H3/p+1/b21-19-,26-24-,27-25-,33-31-. The highest BCUT2D eigenvalue weighted by molar-refractivity contribution is 7.47. The van der Waals surface area contributed by atoms with Gasteiger partial charge in [-0.25, -0.2) is 4.57 Å². The van der Waals surface area contributed by atoms with Crippen LogP contribution in [0.2, 0.25) is 0 Å². The van der Waals surface area contributed by atoms with Gasteiger partial charge in [0.2, 0.25) is 0 Å². The maximum absolute atomic E-state index is 12.9. The molecule has 0 radical (unpaired) electrons. The first-order chi connectivity index (χ1) is 43.0. The summed E-state index contributed by atoms with van der Waals surface area (Å²) in [7, 11) is 1.49. The van der Waals surface area contributed by atoms with Crippen molar-refractivity contribution >= 4 is 19.8 Å². The number of hydrogen-bond donors (Lipinski definition) is 1. The third-order valence-electron chi connectivity index (χ3n) is 17.3. The fourth-order valence-electron chi connectivity index (χ4n) is 11.4. The molecule has 0 aliphatic rings. The van der Waals surface area contributed by atoms with Crippen LogP contribution < -0.4 is 0 Å². The smallest absolute Gasteiger partial charge is 0.462 e. The van der Waals surface area contributed by atoms with E-state index in [1.807, 2.05) is 21.1 Å². The highest BCUT2D eigenvalue weighted by Crippen LogP contribution is 2.43. The lowest BCUT2D eigenvalue weighted by Crippen LogP contribution is -2.37. The van der Waals surface area contributed by atoms with Gasteiger partial charge < -0.3 is 18.9 Å². The molecule has 10 heteroatoms. The van der Waals surface area contributed by atoms with Crippen molar-refractivity contribution in [2.24, 2.45) is 0 Å². The molecule has 0 aromatic rings. The molecule has 0 aromatic heterocycles. The van der Waals surface area contributed by atoms with E-state index in [1.54, 1.807) is 0 Å². The first kappa shape index (κ1) is 86.0. The number of esters is 2. The molecule has 2 unspecified atom stereocenters. The lowest BCUT2D eigenvalue weighted by molar-refractivity contribution is -0.870. The Morgan fingerprint density at radius 1 is 0.352 bits per heavy atom. The van der Waals surface area contributed by atoms with Crippen LogP contribution in [0.25, 0.3) is 0 Å². The second-order valence-electron chi connectivity index (χ2n) is 27.4. The third-order valence-corrected chi connectivity index (χ3v) is 18.3. The molecule has 0 aliphatic heterocycles. The van der Waals surface area contributed by atoms with Gasteiger partial charge in [-0.05, 0) is 77.0 Å². The van der Waals surface area contributed by atoms with Crippen molar-refractivity contribution in [2.45, 2.75) is 392 Å². The van der Waals surface area contributed by atoms with E-state index in [9.17, 15) is 19.0 Å². The highest BCUT2D eigenvalue weighted by atomic mass is 31.2. The molecule has 0 rings (SSSR count). The minimum absolute atomic E-state index is 0.0327. The molecule has 0 spiro atoms. The van der Waals surface area contributed by atoms with E-state index in [0.717, 1.165) is 51.4 Å². The predicted octanol–water partition coefficient (Wildman–Crippen LogP) is 25.2. The summed E-state index contributed by atoms with van der Waals surface area (Å²) < 4.78 is 34.8. The van der Waals surface area contributed by atoms with E-state index in [0.29, 0.717) is 23.9 Å². The Bertz CT molecular complexity index is 1620. The van der Waals surface area contributed by atoms with Crippen molar-refractivity contribution in [1.29, 1.82) is 0 Å². The average molecular weight is 1260 g/mol. The molecule has 0 fully saturated rings. The molecule has 0 amide bonds. The fourth-order valence-corrected chi connectivity index (χ4v) is 12.2. The van der Waals surface area contributed by atoms with Gasteiger partial charge in [-0.2, -0.15) is 0 Å². The van der Waals surface area contributed by atoms with Gasteiger partial charge in [-0.3, -0.25) is 18.6 Å². The number of quaternary nitrogens is 1. The minimum atomic E-state index is -4.39. The SMILES string of the molecule is CCCCCCC/C=C\C/C=C\C/C=C\CCCCCCCCCCCCCCC(=O)OC(COC(=O)CCCCCCCCCCCCCCCCCCCCCCCCCCC/C=C\CCCCCCCCCC)COP(=O)(O)OCC[N+](C)(C)C. The second kappa shape index (κ2) is 69.3. The predicted molar refractivity (Wildman–Crippen MR) is 381 cm³/mol. The highest BCUT2D eigenvalue weighted by Gasteiger charge is 2.27. The number of phosphoric acid groups is 1. The van der Waals surface area contributed by atoms with Crippen LogP contribution in [-0.2, 0) is 32.7 Å². The van der Waals surface area contributed by atoms with Crippen LogP contribution in [0.3, 0.4) is 0 Å². The molecular formula is C78H149NO8P+. The van der Waals surface area contributed by atoms with Crippen LogP contribution in [-0.4, -0.2) is 74.9 Å². The van der Waals surface area contributed by atoms with Gasteiger partial charge in [0, 0.05) is 12.8 Å². The van der Waals surface area contributed by atoms with E-state index in [2.05, 4.69) is 62.5 Å². The van der Waals surface area contributed by atoms with Crippen LogP contribution in [0.15, 0.2) is 48.6 Å². The molecule has 0 heterocycles. The van der Waals surface area contributed by atoms with Gasteiger partial charge in [0.05, 0.1) is 27.7 Å². The zero-order valence-electron chi connectivity index (χ0n) is 59.2. The normalized spacial score (nSPS) is 13.3. The van der Waals surface area contributed by atoms with Crippen LogP contribution in [0.5, 0.6) is 0 Å². The molecule has 88 heavy (non-hydrogen) atoms. The van der Waals surface area contributed by atoms with Crippen molar-refractivity contribution in [1.82, 2.24) is 0 Å². The van der Waals surface area contributed by atoms with Crippen molar-refractivity contribution in [2.75, 3.05) is 47.5 Å². The Balaban J connectivity index is 3.93. The maximum Gasteiger partial charge on any atom is 0.472 e. The number of rotatable bonds is 72. The Morgan fingerprint density at radius 2 is 0.614 bits per heavy atom. The van der Waals surface area contributed by atoms with Gasteiger partial charge in [-0.1, -0.05) is 345 Å². The molecule has 0 saturated carbocycles. The van der Waals surface area contributed by atoms with Gasteiger partial charge >= 0.3 is 19.8 Å². The average Bonchev–Trinajstić information content (AvgIpc) is 3.60. The summed E-state index contributed by atoms with van der Waals surface area (Å²) in [4.78, 5) is 35.9. The van der Waals surface area contributed by atoms with Crippen molar-refractivity contribution in [3.05, 3.63) is 48.6 Å². The van der Waals surface area contributed by atoms with Gasteiger partial charge in [-0.15, -0.1) is 0 Å². The quantitative estimate of drug-likeness (QED) is 0.0211. The van der Waals surface area contributed by atoms with Crippen molar-refractivity contribution in [3.63, 3.8) is 0 Å². The summed E-state index contributed by atoms with van der Waals surface area (Å²) in [6.07, 6.45) is 91.1. The minimum Gasteiger partial charge on any atom is -0.462 e. The molecule has 518 valence electrons. The number of likely N-dealkylation sites (N-methyl/N-ethyl adjacent to an activating group) is 1. The summed E-state index contributed by atoms with van der Waals surface area (Å²) in [5.41, 5.74) is 0. The number of ether oxygens (including phenoxy) is 2. The van der Waals surface area contributed by atoms with Crippen LogP contribution in [0.1, 0.15) is 386 Å². The summed E-state index contributed by atoms with van der Waals surface area (Å²) in [6, 6.07) is 0. The Hall–Kier alpha value is -2.03. The molecule has 0 aliphatic carbocycles. The molecule has 9 nitrogen and oxygen atoms in total. The summed E-state index contributed by atoms with van der Waals surface area (Å²) in [5.74, 6) is -0.780. The number of carbonyl (C=O) groups is 2. The second-order valence-corrected chi connectivity index (χ2v) is 28.8. The maximum atomic E-state index is 12.9. The zero-order valence-corrected chi connectivity index (χ0v) is 60.1. The Morgan fingerprint density at radius 3 is 0.920 bits per heavy atom. The number of carbonyl (C=O) groups excluding carboxylic acids is 2. The van der Waals surface area contributed by atoms with Crippen LogP contribution >= 0.6 is 7.82 Å². The van der Waals surface area contributed by atoms with E-state index in [-0.39, 0.29) is 25.6 Å². The molecular weight excluding hydrogens is 1110 g/mol. The number of phosphoric ester groups is 1. The van der Waals surface area contributed by atoms with Gasteiger partial charge in [0.1, 0.15) is 19.8 Å². The summed E-state index contributed by atoms with van der Waals surface area (Å²) in [5, 5.41) is 0. The fraction of sp³-hybridized carbons (Fsp3) is 0.872. The van der Waals surface area contributed by atoms with E-state index in [4.69, 9.17) is 18.5 Å². The number of hydrogen-bond acceptors (Lipinski definition) is 7. The van der Waals surface area contributed by atoms with Gasteiger partial charge in [0.25, 0.3) is 0 Å². The van der Waals surface area contributed by atoms with Gasteiger partial charge in [0.15, 0.2) is 6.10 Å². The van der Waals surface area contributed by atoms with Crippen LogP contribution in [0.4, 0.5) is 0 Å². The number of nitrogens with zero attached hydrogens (tertiary/aromatic N) is 1. The molecule has 0 aromatic carbocycles. The first-order valence-corrected chi connectivity index (χ1v) is 39.9. The third kappa shape index (κ3) is 73.0. The molecule has 1 N–H and O–H groups in total. The Labute approximate surface area is 547 Å². The lowest BCUT2D eigenvalue weighted by atomic mass is 10.0. The monoisotopic (exact) mass is 1260 g/mol. The van der Waals surface area contributed by atoms with E-state index < -0.39 is 26.5 Å². The van der Waals surface area contributed by atoms with E-state index >= 15 is 0 Å². The largest absolute Gasteiger partial charge is 0.472 e. The topological polar surface area (TPSA) is 108 Å².